The van der Waals surface area contributed by atoms with Crippen molar-refractivity contribution in [3.63, 3.8) is 0 Å². The standard InChI is InChI=1S/C19H19ClN3.ClH/c1-2-19-22(15-17-8-10-18(20)11-9-17)12-13-23(19)21-14-16-6-4-3-5-7-16;/h3-14H,2,15H2,1H3;1H/q+1;/p-1. The summed E-state index contributed by atoms with van der Waals surface area (Å²) < 4.78 is 4.15. The SMILES string of the molecule is CCc1n(N=Cc2ccccc2)cc[n+]1Cc1ccc(Cl)cc1.[Cl-]. The Hall–Kier alpha value is -2.10. The van der Waals surface area contributed by atoms with Crippen molar-refractivity contribution in [2.75, 3.05) is 0 Å². The molecule has 124 valence electrons. The second-order valence-corrected chi connectivity index (χ2v) is 5.76. The van der Waals surface area contributed by atoms with Gasteiger partial charge in [-0.1, -0.05) is 66.1 Å². The van der Waals surface area contributed by atoms with Gasteiger partial charge in [0.1, 0.15) is 12.7 Å². The van der Waals surface area contributed by atoms with E-state index in [2.05, 4.69) is 34.9 Å². The van der Waals surface area contributed by atoms with Crippen molar-refractivity contribution in [3.05, 3.63) is 89.0 Å². The summed E-state index contributed by atoms with van der Waals surface area (Å²) in [6.45, 7) is 2.95. The van der Waals surface area contributed by atoms with Gasteiger partial charge in [0.2, 0.25) is 0 Å². The molecule has 0 unspecified atom stereocenters. The molecular formula is C19H19Cl2N3. The van der Waals surface area contributed by atoms with Crippen LogP contribution in [0.25, 0.3) is 0 Å². The zero-order chi connectivity index (χ0) is 16.1. The molecule has 0 amide bonds. The molecular weight excluding hydrogens is 341 g/mol. The Labute approximate surface area is 153 Å². The molecule has 0 N–H and O–H groups in total. The molecule has 0 spiro atoms. The largest absolute Gasteiger partial charge is 1.00 e. The van der Waals surface area contributed by atoms with Crippen LogP contribution in [0.15, 0.2) is 72.1 Å². The Morgan fingerprint density at radius 2 is 1.79 bits per heavy atom. The van der Waals surface area contributed by atoms with E-state index < -0.39 is 0 Å². The fourth-order valence-corrected chi connectivity index (χ4v) is 2.64. The Kier molecular flexibility index (Phi) is 6.59. The molecule has 0 atom stereocenters. The minimum absolute atomic E-state index is 0. The first-order chi connectivity index (χ1) is 11.3. The van der Waals surface area contributed by atoms with Crippen molar-refractivity contribution in [1.82, 2.24) is 4.68 Å². The average molecular weight is 360 g/mol. The average Bonchev–Trinajstić information content (AvgIpc) is 2.97. The van der Waals surface area contributed by atoms with Gasteiger partial charge in [-0.3, -0.25) is 0 Å². The van der Waals surface area contributed by atoms with E-state index in [4.69, 9.17) is 11.6 Å². The van der Waals surface area contributed by atoms with Crippen molar-refractivity contribution in [2.45, 2.75) is 19.9 Å². The van der Waals surface area contributed by atoms with Crippen LogP contribution in [0.1, 0.15) is 23.9 Å². The molecule has 5 heteroatoms. The molecule has 0 fully saturated rings. The number of benzene rings is 2. The quantitative estimate of drug-likeness (QED) is 0.477. The highest BCUT2D eigenvalue weighted by atomic mass is 35.5. The Morgan fingerprint density at radius 3 is 2.46 bits per heavy atom. The number of imidazole rings is 1. The smallest absolute Gasteiger partial charge is 0.282 e. The Morgan fingerprint density at radius 1 is 1.08 bits per heavy atom. The number of nitrogens with zero attached hydrogens (tertiary/aromatic N) is 3. The summed E-state index contributed by atoms with van der Waals surface area (Å²) in [4.78, 5) is 0. The van der Waals surface area contributed by atoms with Gasteiger partial charge in [-0.05, 0) is 23.3 Å². The molecule has 0 radical (unpaired) electrons. The van der Waals surface area contributed by atoms with Crippen LogP contribution in [0.2, 0.25) is 5.02 Å². The second-order valence-electron chi connectivity index (χ2n) is 5.32. The number of halogens is 2. The predicted octanol–water partition coefficient (Wildman–Crippen LogP) is 0.926. The predicted molar refractivity (Wildman–Crippen MR) is 94.0 cm³/mol. The first-order valence-electron chi connectivity index (χ1n) is 7.70. The number of hydrogen-bond acceptors (Lipinski definition) is 1. The van der Waals surface area contributed by atoms with Crippen molar-refractivity contribution in [3.8, 4) is 0 Å². The van der Waals surface area contributed by atoms with Crippen LogP contribution in [0.4, 0.5) is 0 Å². The maximum atomic E-state index is 5.95. The lowest BCUT2D eigenvalue weighted by Gasteiger charge is -2.01. The minimum atomic E-state index is 0. The second kappa shape index (κ2) is 8.67. The molecule has 0 aliphatic rings. The van der Waals surface area contributed by atoms with Gasteiger partial charge in [-0.25, -0.2) is 4.57 Å². The molecule has 0 aliphatic heterocycles. The normalized spacial score (nSPS) is 10.8. The van der Waals surface area contributed by atoms with Crippen molar-refractivity contribution < 1.29 is 17.0 Å². The molecule has 0 bridgehead atoms. The van der Waals surface area contributed by atoms with Gasteiger partial charge >= 0.3 is 0 Å². The first-order valence-corrected chi connectivity index (χ1v) is 8.07. The molecule has 3 nitrogen and oxygen atoms in total. The maximum absolute atomic E-state index is 5.95. The molecule has 24 heavy (non-hydrogen) atoms. The number of aromatic nitrogens is 2. The maximum Gasteiger partial charge on any atom is 0.282 e. The summed E-state index contributed by atoms with van der Waals surface area (Å²) in [6.07, 6.45) is 6.85. The van der Waals surface area contributed by atoms with Crippen LogP contribution in [-0.4, -0.2) is 10.9 Å². The number of hydrogen-bond donors (Lipinski definition) is 0. The lowest BCUT2D eigenvalue weighted by Crippen LogP contribution is -3.00. The topological polar surface area (TPSA) is 21.2 Å². The molecule has 1 aromatic heterocycles. The van der Waals surface area contributed by atoms with E-state index in [0.29, 0.717) is 0 Å². The molecule has 3 rings (SSSR count). The summed E-state index contributed by atoms with van der Waals surface area (Å²) in [5, 5.41) is 5.34. The Balaban J connectivity index is 0.00000208. The lowest BCUT2D eigenvalue weighted by molar-refractivity contribution is -0.695. The van der Waals surface area contributed by atoms with Gasteiger partial charge in [0.15, 0.2) is 6.20 Å². The van der Waals surface area contributed by atoms with Gasteiger partial charge in [0.05, 0.1) is 6.21 Å². The van der Waals surface area contributed by atoms with Gasteiger partial charge < -0.3 is 12.4 Å². The zero-order valence-electron chi connectivity index (χ0n) is 13.4. The number of rotatable bonds is 5. The zero-order valence-corrected chi connectivity index (χ0v) is 15.0. The van der Waals surface area contributed by atoms with Gasteiger partial charge in [-0.15, -0.1) is 4.68 Å². The first kappa shape index (κ1) is 18.2. The summed E-state index contributed by atoms with van der Waals surface area (Å²) in [7, 11) is 0. The van der Waals surface area contributed by atoms with Crippen LogP contribution in [0.3, 0.4) is 0 Å². The van der Waals surface area contributed by atoms with E-state index in [9.17, 15) is 0 Å². The van der Waals surface area contributed by atoms with Crippen LogP contribution >= 0.6 is 11.6 Å². The third-order valence-corrected chi connectivity index (χ3v) is 3.95. The molecule has 2 aromatic carbocycles. The molecule has 0 saturated heterocycles. The summed E-state index contributed by atoms with van der Waals surface area (Å²) >= 11 is 5.95. The lowest BCUT2D eigenvalue weighted by atomic mass is 10.2. The molecule has 3 aromatic rings. The fraction of sp³-hybridized carbons (Fsp3) is 0.158. The van der Waals surface area contributed by atoms with E-state index in [0.717, 1.165) is 29.4 Å². The Bertz CT molecular complexity index is 793. The van der Waals surface area contributed by atoms with Crippen LogP contribution in [0, 0.1) is 0 Å². The van der Waals surface area contributed by atoms with E-state index >= 15 is 0 Å². The van der Waals surface area contributed by atoms with Crippen LogP contribution < -0.4 is 17.0 Å². The third-order valence-electron chi connectivity index (χ3n) is 3.70. The molecule has 0 aliphatic carbocycles. The summed E-state index contributed by atoms with van der Waals surface area (Å²) in [6, 6.07) is 18.1. The van der Waals surface area contributed by atoms with Crippen molar-refractivity contribution >= 4 is 17.8 Å². The van der Waals surface area contributed by atoms with E-state index in [1.807, 2.05) is 59.6 Å². The van der Waals surface area contributed by atoms with Crippen molar-refractivity contribution in [1.29, 1.82) is 0 Å². The summed E-state index contributed by atoms with van der Waals surface area (Å²) in [5.41, 5.74) is 2.31. The van der Waals surface area contributed by atoms with E-state index in [-0.39, 0.29) is 12.4 Å². The van der Waals surface area contributed by atoms with E-state index in [1.165, 1.54) is 5.56 Å². The van der Waals surface area contributed by atoms with Crippen LogP contribution in [-0.2, 0) is 13.0 Å². The highest BCUT2D eigenvalue weighted by Gasteiger charge is 2.15. The van der Waals surface area contributed by atoms with Gasteiger partial charge in [-0.2, -0.15) is 0 Å². The van der Waals surface area contributed by atoms with Gasteiger partial charge in [0.25, 0.3) is 5.82 Å². The van der Waals surface area contributed by atoms with E-state index in [1.54, 1.807) is 0 Å². The third kappa shape index (κ3) is 4.47. The fourth-order valence-electron chi connectivity index (χ4n) is 2.52. The molecule has 0 saturated carbocycles. The summed E-state index contributed by atoms with van der Waals surface area (Å²) in [5.74, 6) is 1.16. The highest BCUT2D eigenvalue weighted by molar-refractivity contribution is 6.30. The van der Waals surface area contributed by atoms with Gasteiger partial charge in [0, 0.05) is 11.4 Å². The minimum Gasteiger partial charge on any atom is -1.00 e. The highest BCUT2D eigenvalue weighted by Crippen LogP contribution is 2.09. The van der Waals surface area contributed by atoms with Crippen molar-refractivity contribution in [2.24, 2.45) is 5.10 Å². The molecule has 1 heterocycles. The van der Waals surface area contributed by atoms with Crippen LogP contribution in [0.5, 0.6) is 0 Å². The monoisotopic (exact) mass is 359 g/mol.